The first-order chi connectivity index (χ1) is 10.5. The molecular formula is C18H17N3O. The Kier molecular flexibility index (Phi) is 3.37. The van der Waals surface area contributed by atoms with Crippen molar-refractivity contribution in [1.82, 2.24) is 10.2 Å². The van der Waals surface area contributed by atoms with Crippen molar-refractivity contribution in [3.63, 3.8) is 0 Å². The van der Waals surface area contributed by atoms with Gasteiger partial charge in [0, 0.05) is 10.9 Å². The predicted octanol–water partition coefficient (Wildman–Crippen LogP) is 3.37. The van der Waals surface area contributed by atoms with Gasteiger partial charge in [0.15, 0.2) is 5.69 Å². The van der Waals surface area contributed by atoms with Gasteiger partial charge >= 0.3 is 0 Å². The molecule has 1 heterocycles. The average molecular weight is 291 g/mol. The zero-order valence-electron chi connectivity index (χ0n) is 12.8. The molecule has 0 saturated heterocycles. The van der Waals surface area contributed by atoms with Crippen molar-refractivity contribution in [2.45, 2.75) is 20.8 Å². The quantitative estimate of drug-likeness (QED) is 0.735. The van der Waals surface area contributed by atoms with E-state index in [0.717, 1.165) is 27.6 Å². The minimum atomic E-state index is -0.204. The average Bonchev–Trinajstić information content (AvgIpc) is 2.51. The number of benzene rings is 2. The Hall–Kier alpha value is -2.75. The number of carbonyl (C=O) groups is 1. The predicted molar refractivity (Wildman–Crippen MR) is 88.0 cm³/mol. The molecule has 110 valence electrons. The molecule has 0 radical (unpaired) electrons. The number of hydrogen-bond donors (Lipinski definition) is 1. The summed E-state index contributed by atoms with van der Waals surface area (Å²) in [5, 5.41) is 9.07. The van der Waals surface area contributed by atoms with E-state index >= 15 is 0 Å². The zero-order valence-corrected chi connectivity index (χ0v) is 12.8. The summed E-state index contributed by atoms with van der Waals surface area (Å²) in [6.45, 7) is 5.97. The molecule has 3 rings (SSSR count). The molecule has 2 N–H and O–H groups in total. The van der Waals surface area contributed by atoms with E-state index in [0.29, 0.717) is 11.3 Å². The number of hydrogen-bond acceptors (Lipinski definition) is 4. The van der Waals surface area contributed by atoms with Crippen LogP contribution >= 0.6 is 0 Å². The van der Waals surface area contributed by atoms with E-state index in [4.69, 9.17) is 5.73 Å². The van der Waals surface area contributed by atoms with Gasteiger partial charge in [-0.2, -0.15) is 0 Å². The Morgan fingerprint density at radius 3 is 2.32 bits per heavy atom. The Morgan fingerprint density at radius 1 is 0.955 bits per heavy atom. The minimum Gasteiger partial charge on any atom is -0.396 e. The maximum Gasteiger partial charge on any atom is 0.215 e. The molecule has 3 aromatic rings. The van der Waals surface area contributed by atoms with Gasteiger partial charge in [0.05, 0.1) is 11.2 Å². The molecule has 22 heavy (non-hydrogen) atoms. The maximum absolute atomic E-state index is 12.6. The molecule has 2 aromatic carbocycles. The largest absolute Gasteiger partial charge is 0.396 e. The van der Waals surface area contributed by atoms with Crippen LogP contribution in [0.3, 0.4) is 0 Å². The van der Waals surface area contributed by atoms with Gasteiger partial charge in [0.1, 0.15) is 0 Å². The number of fused-ring (bicyclic) bond motifs is 1. The van der Waals surface area contributed by atoms with Crippen LogP contribution in [-0.4, -0.2) is 16.0 Å². The number of nitrogens with zero attached hydrogens (tertiary/aromatic N) is 2. The number of nitrogens with two attached hydrogens (primary N) is 1. The number of nitrogen functional groups attached to an aromatic ring is 1. The number of anilines is 1. The molecule has 4 nitrogen and oxygen atoms in total. The number of aryl methyl sites for hydroxylation is 3. The van der Waals surface area contributed by atoms with Gasteiger partial charge in [-0.05, 0) is 31.9 Å². The molecule has 0 fully saturated rings. The number of rotatable bonds is 2. The first kappa shape index (κ1) is 14.2. The lowest BCUT2D eigenvalue weighted by atomic mass is 10.0. The second-order valence-electron chi connectivity index (χ2n) is 5.56. The molecule has 0 aliphatic carbocycles. The third-order valence-electron chi connectivity index (χ3n) is 4.03. The molecule has 0 aliphatic heterocycles. The third-order valence-corrected chi connectivity index (χ3v) is 4.03. The molecule has 0 aliphatic rings. The Morgan fingerprint density at radius 2 is 1.64 bits per heavy atom. The van der Waals surface area contributed by atoms with Crippen LogP contribution in [0.15, 0.2) is 36.4 Å². The van der Waals surface area contributed by atoms with Crippen molar-refractivity contribution in [2.24, 2.45) is 0 Å². The van der Waals surface area contributed by atoms with E-state index in [2.05, 4.69) is 10.2 Å². The van der Waals surface area contributed by atoms with Crippen molar-refractivity contribution in [3.05, 3.63) is 64.3 Å². The second kappa shape index (κ2) is 5.22. The molecule has 0 saturated carbocycles. The van der Waals surface area contributed by atoms with E-state index in [1.54, 1.807) is 12.1 Å². The first-order valence-corrected chi connectivity index (χ1v) is 7.12. The monoisotopic (exact) mass is 291 g/mol. The van der Waals surface area contributed by atoms with E-state index in [-0.39, 0.29) is 11.5 Å². The molecule has 0 unspecified atom stereocenters. The number of aromatic nitrogens is 2. The van der Waals surface area contributed by atoms with Crippen molar-refractivity contribution < 1.29 is 4.79 Å². The number of ketones is 1. The lowest BCUT2D eigenvalue weighted by Gasteiger charge is -2.09. The summed E-state index contributed by atoms with van der Waals surface area (Å²) in [7, 11) is 0. The molecule has 0 spiro atoms. The SMILES string of the molecule is Cc1ccc(C(=O)c2nnc3c(C)c(C)ccc3c2N)cc1. The Balaban J connectivity index is 2.16. The van der Waals surface area contributed by atoms with Gasteiger partial charge in [0.2, 0.25) is 5.78 Å². The van der Waals surface area contributed by atoms with Crippen LogP contribution in [-0.2, 0) is 0 Å². The lowest BCUT2D eigenvalue weighted by molar-refractivity contribution is 0.103. The van der Waals surface area contributed by atoms with Crippen LogP contribution in [0.1, 0.15) is 32.7 Å². The molecule has 4 heteroatoms. The summed E-state index contributed by atoms with van der Waals surface area (Å²) in [6, 6.07) is 11.2. The van der Waals surface area contributed by atoms with Crippen LogP contribution in [0, 0.1) is 20.8 Å². The summed E-state index contributed by atoms with van der Waals surface area (Å²) in [5.74, 6) is -0.204. The van der Waals surface area contributed by atoms with Crippen LogP contribution in [0.25, 0.3) is 10.9 Å². The highest BCUT2D eigenvalue weighted by molar-refractivity contribution is 6.14. The van der Waals surface area contributed by atoms with Crippen LogP contribution < -0.4 is 5.73 Å². The lowest BCUT2D eigenvalue weighted by Crippen LogP contribution is -2.10. The van der Waals surface area contributed by atoms with Crippen LogP contribution in [0.5, 0.6) is 0 Å². The molecule has 0 amide bonds. The van der Waals surface area contributed by atoms with Crippen LogP contribution in [0.4, 0.5) is 5.69 Å². The summed E-state index contributed by atoms with van der Waals surface area (Å²) in [4.78, 5) is 12.6. The standard InChI is InChI=1S/C18H17N3O/c1-10-4-7-13(8-5-10)18(22)17-15(19)14-9-6-11(2)12(3)16(14)20-21-17/h4-9H,1-3H3,(H2,19,20). The van der Waals surface area contributed by atoms with Gasteiger partial charge < -0.3 is 5.73 Å². The topological polar surface area (TPSA) is 68.9 Å². The minimum absolute atomic E-state index is 0.204. The van der Waals surface area contributed by atoms with E-state index in [9.17, 15) is 4.79 Å². The Bertz CT molecular complexity index is 883. The van der Waals surface area contributed by atoms with Gasteiger partial charge in [-0.15, -0.1) is 10.2 Å². The van der Waals surface area contributed by atoms with Crippen molar-refractivity contribution >= 4 is 22.4 Å². The fourth-order valence-corrected chi connectivity index (χ4v) is 2.44. The van der Waals surface area contributed by atoms with E-state index < -0.39 is 0 Å². The highest BCUT2D eigenvalue weighted by atomic mass is 16.1. The first-order valence-electron chi connectivity index (χ1n) is 7.12. The summed E-state index contributed by atoms with van der Waals surface area (Å²) in [5.41, 5.74) is 11.3. The number of carbonyl (C=O) groups excluding carboxylic acids is 1. The van der Waals surface area contributed by atoms with Crippen molar-refractivity contribution in [3.8, 4) is 0 Å². The molecule has 1 aromatic heterocycles. The molecular weight excluding hydrogens is 274 g/mol. The third kappa shape index (κ3) is 2.22. The fraction of sp³-hybridized carbons (Fsp3) is 0.167. The zero-order chi connectivity index (χ0) is 15.9. The highest BCUT2D eigenvalue weighted by Gasteiger charge is 2.18. The normalized spacial score (nSPS) is 10.9. The maximum atomic E-state index is 12.6. The van der Waals surface area contributed by atoms with E-state index in [1.165, 1.54) is 0 Å². The van der Waals surface area contributed by atoms with Gasteiger partial charge in [-0.1, -0.05) is 42.0 Å². The summed E-state index contributed by atoms with van der Waals surface area (Å²) in [6.07, 6.45) is 0. The van der Waals surface area contributed by atoms with E-state index in [1.807, 2.05) is 45.0 Å². The molecule has 0 atom stereocenters. The fourth-order valence-electron chi connectivity index (χ4n) is 2.44. The second-order valence-corrected chi connectivity index (χ2v) is 5.56. The van der Waals surface area contributed by atoms with Gasteiger partial charge in [0.25, 0.3) is 0 Å². The highest BCUT2D eigenvalue weighted by Crippen LogP contribution is 2.26. The van der Waals surface area contributed by atoms with Crippen LogP contribution in [0.2, 0.25) is 0 Å². The van der Waals surface area contributed by atoms with Crippen molar-refractivity contribution in [1.29, 1.82) is 0 Å². The summed E-state index contributed by atoms with van der Waals surface area (Å²) >= 11 is 0. The molecule has 0 bridgehead atoms. The van der Waals surface area contributed by atoms with Crippen molar-refractivity contribution in [2.75, 3.05) is 5.73 Å². The summed E-state index contributed by atoms with van der Waals surface area (Å²) < 4.78 is 0. The van der Waals surface area contributed by atoms with Gasteiger partial charge in [-0.25, -0.2) is 0 Å². The van der Waals surface area contributed by atoms with Gasteiger partial charge in [-0.3, -0.25) is 4.79 Å². The Labute approximate surface area is 129 Å². The smallest absolute Gasteiger partial charge is 0.215 e.